The van der Waals surface area contributed by atoms with Gasteiger partial charge in [0.05, 0.1) is 11.7 Å². The standard InChI is InChI=1S/C24H32N2O4/c1-7-11-24(12-8-2)29-21-18(9-10-19(22(21)30-24)28-15(3)4)23(27)26-20-16(5)13-25-14-17(20)6/h9-10,13-15H,7-8,11-12H2,1-6H3,(H,25,26,27). The number of rotatable bonds is 8. The van der Waals surface area contributed by atoms with E-state index >= 15 is 0 Å². The van der Waals surface area contributed by atoms with Gasteiger partial charge in [0, 0.05) is 30.9 Å². The Morgan fingerprint density at radius 3 is 2.23 bits per heavy atom. The monoisotopic (exact) mass is 412 g/mol. The summed E-state index contributed by atoms with van der Waals surface area (Å²) in [5.41, 5.74) is 3.01. The van der Waals surface area contributed by atoms with E-state index in [-0.39, 0.29) is 12.0 Å². The van der Waals surface area contributed by atoms with Gasteiger partial charge in [-0.3, -0.25) is 9.78 Å². The second kappa shape index (κ2) is 8.94. The Kier molecular flexibility index (Phi) is 6.54. The molecule has 1 aromatic carbocycles. The number of pyridine rings is 1. The lowest BCUT2D eigenvalue weighted by Crippen LogP contribution is -2.38. The minimum absolute atomic E-state index is 0.0214. The molecule has 0 radical (unpaired) electrons. The molecule has 162 valence electrons. The summed E-state index contributed by atoms with van der Waals surface area (Å²) in [5.74, 6) is 0.562. The Morgan fingerprint density at radius 2 is 1.67 bits per heavy atom. The molecule has 6 heteroatoms. The molecule has 1 amide bonds. The van der Waals surface area contributed by atoms with Crippen LogP contribution in [0.5, 0.6) is 17.2 Å². The molecule has 1 aliphatic heterocycles. The fourth-order valence-electron chi connectivity index (χ4n) is 3.83. The van der Waals surface area contributed by atoms with Crippen molar-refractivity contribution in [3.05, 3.63) is 41.2 Å². The molecule has 0 fully saturated rings. The van der Waals surface area contributed by atoms with Crippen molar-refractivity contribution in [2.24, 2.45) is 0 Å². The van der Waals surface area contributed by atoms with Crippen LogP contribution in [-0.4, -0.2) is 22.8 Å². The normalized spacial score (nSPS) is 14.1. The first-order valence-corrected chi connectivity index (χ1v) is 10.7. The topological polar surface area (TPSA) is 69.7 Å². The summed E-state index contributed by atoms with van der Waals surface area (Å²) in [6, 6.07) is 3.53. The van der Waals surface area contributed by atoms with Crippen molar-refractivity contribution in [2.45, 2.75) is 79.1 Å². The first kappa shape index (κ1) is 21.9. The lowest BCUT2D eigenvalue weighted by atomic mass is 10.1. The smallest absolute Gasteiger partial charge is 0.259 e. The van der Waals surface area contributed by atoms with Gasteiger partial charge in [0.1, 0.15) is 0 Å². The van der Waals surface area contributed by atoms with Crippen LogP contribution in [0.25, 0.3) is 0 Å². The molecule has 2 aromatic rings. The highest BCUT2D eigenvalue weighted by atomic mass is 16.7. The number of amides is 1. The van der Waals surface area contributed by atoms with Crippen LogP contribution < -0.4 is 19.5 Å². The second-order valence-corrected chi connectivity index (χ2v) is 8.15. The Balaban J connectivity index is 2.01. The predicted molar refractivity (Wildman–Crippen MR) is 118 cm³/mol. The number of ether oxygens (including phenoxy) is 3. The molecule has 1 aromatic heterocycles. The van der Waals surface area contributed by atoms with Gasteiger partial charge in [-0.05, 0) is 63.8 Å². The summed E-state index contributed by atoms with van der Waals surface area (Å²) in [5, 5.41) is 3.02. The van der Waals surface area contributed by atoms with Crippen LogP contribution >= 0.6 is 0 Å². The highest BCUT2D eigenvalue weighted by molar-refractivity contribution is 6.07. The highest BCUT2D eigenvalue weighted by Gasteiger charge is 2.44. The summed E-state index contributed by atoms with van der Waals surface area (Å²) in [6.07, 6.45) is 6.74. The van der Waals surface area contributed by atoms with Crippen LogP contribution in [0.15, 0.2) is 24.5 Å². The zero-order chi connectivity index (χ0) is 21.9. The van der Waals surface area contributed by atoms with Crippen LogP contribution in [0.3, 0.4) is 0 Å². The molecule has 6 nitrogen and oxygen atoms in total. The minimum atomic E-state index is -0.764. The van der Waals surface area contributed by atoms with Crippen LogP contribution in [0.2, 0.25) is 0 Å². The summed E-state index contributed by atoms with van der Waals surface area (Å²) in [7, 11) is 0. The quantitative estimate of drug-likeness (QED) is 0.593. The van der Waals surface area contributed by atoms with Crippen LogP contribution in [0.1, 0.15) is 74.9 Å². The van der Waals surface area contributed by atoms with E-state index in [4.69, 9.17) is 14.2 Å². The third-order valence-corrected chi connectivity index (χ3v) is 5.08. The number of carbonyl (C=O) groups excluding carboxylic acids is 1. The summed E-state index contributed by atoms with van der Waals surface area (Å²) < 4.78 is 18.7. The lowest BCUT2D eigenvalue weighted by Gasteiger charge is -2.27. The summed E-state index contributed by atoms with van der Waals surface area (Å²) in [4.78, 5) is 17.4. The van der Waals surface area contributed by atoms with Crippen molar-refractivity contribution < 1.29 is 19.0 Å². The Hall–Kier alpha value is -2.76. The highest BCUT2D eigenvalue weighted by Crippen LogP contribution is 2.51. The molecule has 0 aliphatic carbocycles. The molecule has 3 rings (SSSR count). The number of hydrogen-bond acceptors (Lipinski definition) is 5. The van der Waals surface area contributed by atoms with E-state index in [2.05, 4.69) is 24.1 Å². The zero-order valence-electron chi connectivity index (χ0n) is 18.8. The molecule has 2 heterocycles. The molecule has 0 atom stereocenters. The maximum absolute atomic E-state index is 13.2. The van der Waals surface area contributed by atoms with Crippen molar-refractivity contribution in [1.82, 2.24) is 4.98 Å². The Labute approximate surface area is 178 Å². The number of anilines is 1. The van der Waals surface area contributed by atoms with Gasteiger partial charge >= 0.3 is 0 Å². The van der Waals surface area contributed by atoms with Crippen LogP contribution in [0.4, 0.5) is 5.69 Å². The maximum Gasteiger partial charge on any atom is 0.259 e. The van der Waals surface area contributed by atoms with Gasteiger partial charge in [0.25, 0.3) is 11.7 Å². The van der Waals surface area contributed by atoms with Crippen LogP contribution in [-0.2, 0) is 0 Å². The van der Waals surface area contributed by atoms with Crippen molar-refractivity contribution in [2.75, 3.05) is 5.32 Å². The van der Waals surface area contributed by atoms with Gasteiger partial charge in [0.2, 0.25) is 5.75 Å². The molecule has 0 unspecified atom stereocenters. The van der Waals surface area contributed by atoms with E-state index in [0.717, 1.165) is 42.5 Å². The largest absolute Gasteiger partial charge is 0.487 e. The van der Waals surface area contributed by atoms with Crippen molar-refractivity contribution >= 4 is 11.6 Å². The molecule has 1 aliphatic rings. The van der Waals surface area contributed by atoms with E-state index in [1.54, 1.807) is 24.5 Å². The molecule has 30 heavy (non-hydrogen) atoms. The van der Waals surface area contributed by atoms with Gasteiger partial charge in [0.15, 0.2) is 11.5 Å². The van der Waals surface area contributed by atoms with Crippen molar-refractivity contribution in [3.63, 3.8) is 0 Å². The number of carbonyl (C=O) groups is 1. The molecule has 0 saturated carbocycles. The molecule has 0 spiro atoms. The minimum Gasteiger partial charge on any atom is -0.487 e. The average Bonchev–Trinajstić information content (AvgIpc) is 3.04. The lowest BCUT2D eigenvalue weighted by molar-refractivity contribution is -0.0935. The van der Waals surface area contributed by atoms with E-state index in [1.165, 1.54) is 0 Å². The van der Waals surface area contributed by atoms with Crippen molar-refractivity contribution in [3.8, 4) is 17.2 Å². The second-order valence-electron chi connectivity index (χ2n) is 8.15. The zero-order valence-corrected chi connectivity index (χ0v) is 18.8. The molecule has 1 N–H and O–H groups in total. The van der Waals surface area contributed by atoms with Gasteiger partial charge < -0.3 is 19.5 Å². The van der Waals surface area contributed by atoms with Gasteiger partial charge in [-0.1, -0.05) is 13.8 Å². The van der Waals surface area contributed by atoms with E-state index in [0.29, 0.717) is 22.8 Å². The number of fused-ring (bicyclic) bond motifs is 1. The molecular formula is C24H32N2O4. The molecule has 0 bridgehead atoms. The average molecular weight is 413 g/mol. The molecule has 0 saturated heterocycles. The third kappa shape index (κ3) is 4.37. The number of benzene rings is 1. The third-order valence-electron chi connectivity index (χ3n) is 5.08. The van der Waals surface area contributed by atoms with E-state index < -0.39 is 5.79 Å². The van der Waals surface area contributed by atoms with E-state index in [1.807, 2.05) is 27.7 Å². The van der Waals surface area contributed by atoms with E-state index in [9.17, 15) is 4.79 Å². The Bertz CT molecular complexity index is 897. The number of aryl methyl sites for hydroxylation is 2. The number of nitrogens with one attached hydrogen (secondary N) is 1. The van der Waals surface area contributed by atoms with Gasteiger partial charge in [-0.15, -0.1) is 0 Å². The number of aromatic nitrogens is 1. The fourth-order valence-corrected chi connectivity index (χ4v) is 3.83. The first-order valence-electron chi connectivity index (χ1n) is 10.7. The fraction of sp³-hybridized carbons (Fsp3) is 0.500. The Morgan fingerprint density at radius 1 is 1.07 bits per heavy atom. The maximum atomic E-state index is 13.2. The van der Waals surface area contributed by atoms with Crippen molar-refractivity contribution in [1.29, 1.82) is 0 Å². The predicted octanol–water partition coefficient (Wildman–Crippen LogP) is 5.81. The summed E-state index contributed by atoms with van der Waals surface area (Å²) >= 11 is 0. The van der Waals surface area contributed by atoms with Crippen LogP contribution in [0, 0.1) is 13.8 Å². The van der Waals surface area contributed by atoms with Gasteiger partial charge in [-0.25, -0.2) is 0 Å². The number of hydrogen-bond donors (Lipinski definition) is 1. The summed E-state index contributed by atoms with van der Waals surface area (Å²) in [6.45, 7) is 12.0. The number of nitrogens with zero attached hydrogens (tertiary/aromatic N) is 1. The molecular weight excluding hydrogens is 380 g/mol. The first-order chi connectivity index (χ1) is 14.3. The SMILES string of the molecule is CCCC1(CCC)Oc2c(OC(C)C)ccc(C(=O)Nc3c(C)cncc3C)c2O1. The van der Waals surface area contributed by atoms with Gasteiger partial charge in [-0.2, -0.15) is 0 Å².